The Hall–Kier alpha value is -1.09. The SMILES string of the molecule is CCNCc1cccc(F)c1N(CC)CC. The fourth-order valence-corrected chi connectivity index (χ4v) is 1.86. The predicted molar refractivity (Wildman–Crippen MR) is 67.3 cm³/mol. The highest BCUT2D eigenvalue weighted by molar-refractivity contribution is 5.54. The summed E-state index contributed by atoms with van der Waals surface area (Å²) in [4.78, 5) is 2.06. The van der Waals surface area contributed by atoms with Gasteiger partial charge in [-0.1, -0.05) is 19.1 Å². The molecule has 0 heterocycles. The van der Waals surface area contributed by atoms with E-state index in [1.807, 2.05) is 19.9 Å². The average molecular weight is 224 g/mol. The van der Waals surface area contributed by atoms with Crippen LogP contribution in [-0.2, 0) is 6.54 Å². The van der Waals surface area contributed by atoms with Gasteiger partial charge in [-0.2, -0.15) is 0 Å². The van der Waals surface area contributed by atoms with Gasteiger partial charge in [-0.3, -0.25) is 0 Å². The van der Waals surface area contributed by atoms with E-state index in [0.717, 1.165) is 37.4 Å². The summed E-state index contributed by atoms with van der Waals surface area (Å²) in [6.07, 6.45) is 0. The molecule has 1 N–H and O–H groups in total. The molecule has 0 amide bonds. The zero-order valence-corrected chi connectivity index (χ0v) is 10.4. The largest absolute Gasteiger partial charge is 0.369 e. The summed E-state index contributed by atoms with van der Waals surface area (Å²) >= 11 is 0. The van der Waals surface area contributed by atoms with Crippen LogP contribution >= 0.6 is 0 Å². The van der Waals surface area contributed by atoms with E-state index in [9.17, 15) is 4.39 Å². The quantitative estimate of drug-likeness (QED) is 0.799. The average Bonchev–Trinajstić information content (AvgIpc) is 2.30. The number of hydrogen-bond acceptors (Lipinski definition) is 2. The van der Waals surface area contributed by atoms with E-state index in [1.165, 1.54) is 6.07 Å². The Bertz CT molecular complexity index is 322. The molecule has 0 radical (unpaired) electrons. The Morgan fingerprint density at radius 2 is 1.88 bits per heavy atom. The molecule has 0 saturated heterocycles. The van der Waals surface area contributed by atoms with Crippen molar-refractivity contribution in [2.45, 2.75) is 27.3 Å². The molecule has 90 valence electrons. The van der Waals surface area contributed by atoms with E-state index in [-0.39, 0.29) is 5.82 Å². The minimum absolute atomic E-state index is 0.126. The van der Waals surface area contributed by atoms with E-state index in [4.69, 9.17) is 0 Å². The molecule has 0 atom stereocenters. The molecular weight excluding hydrogens is 203 g/mol. The Morgan fingerprint density at radius 3 is 2.44 bits per heavy atom. The molecule has 0 saturated carbocycles. The monoisotopic (exact) mass is 224 g/mol. The molecular formula is C13H21FN2. The molecule has 2 nitrogen and oxygen atoms in total. The van der Waals surface area contributed by atoms with Crippen molar-refractivity contribution in [1.82, 2.24) is 5.32 Å². The van der Waals surface area contributed by atoms with Gasteiger partial charge >= 0.3 is 0 Å². The second kappa shape index (κ2) is 6.48. The number of hydrogen-bond donors (Lipinski definition) is 1. The van der Waals surface area contributed by atoms with Gasteiger partial charge in [-0.25, -0.2) is 4.39 Å². The zero-order valence-electron chi connectivity index (χ0n) is 10.4. The van der Waals surface area contributed by atoms with E-state index in [0.29, 0.717) is 0 Å². The molecule has 0 aliphatic heterocycles. The van der Waals surface area contributed by atoms with Crippen molar-refractivity contribution in [3.8, 4) is 0 Å². The second-order valence-electron chi connectivity index (χ2n) is 3.70. The summed E-state index contributed by atoms with van der Waals surface area (Å²) < 4.78 is 13.8. The number of halogens is 1. The standard InChI is InChI=1S/C13H21FN2/c1-4-15-10-11-8-7-9-12(14)13(11)16(5-2)6-3/h7-9,15H,4-6,10H2,1-3H3. The lowest BCUT2D eigenvalue weighted by Gasteiger charge is -2.24. The summed E-state index contributed by atoms with van der Waals surface area (Å²) in [5.74, 6) is -0.126. The fourth-order valence-electron chi connectivity index (χ4n) is 1.86. The first kappa shape index (κ1) is 13.0. The number of nitrogens with zero attached hydrogens (tertiary/aromatic N) is 1. The van der Waals surface area contributed by atoms with Gasteiger partial charge in [0.1, 0.15) is 5.82 Å². The molecule has 0 bridgehead atoms. The molecule has 1 aromatic carbocycles. The van der Waals surface area contributed by atoms with Crippen molar-refractivity contribution in [2.75, 3.05) is 24.5 Å². The van der Waals surface area contributed by atoms with Crippen molar-refractivity contribution in [1.29, 1.82) is 0 Å². The maximum atomic E-state index is 13.8. The summed E-state index contributed by atoms with van der Waals surface area (Å²) in [6, 6.07) is 5.29. The van der Waals surface area contributed by atoms with Crippen molar-refractivity contribution >= 4 is 5.69 Å². The Kier molecular flexibility index (Phi) is 5.26. The molecule has 0 aromatic heterocycles. The minimum Gasteiger partial charge on any atom is -0.369 e. The van der Waals surface area contributed by atoms with Gasteiger partial charge in [0, 0.05) is 19.6 Å². The maximum Gasteiger partial charge on any atom is 0.146 e. The molecule has 0 aliphatic carbocycles. The second-order valence-corrected chi connectivity index (χ2v) is 3.70. The van der Waals surface area contributed by atoms with Gasteiger partial charge in [0.05, 0.1) is 5.69 Å². The normalized spacial score (nSPS) is 10.5. The Morgan fingerprint density at radius 1 is 1.19 bits per heavy atom. The number of nitrogens with one attached hydrogen (secondary N) is 1. The molecule has 0 aliphatic rings. The summed E-state index contributed by atoms with van der Waals surface area (Å²) in [7, 11) is 0. The van der Waals surface area contributed by atoms with E-state index in [1.54, 1.807) is 6.07 Å². The summed E-state index contributed by atoms with van der Waals surface area (Å²) in [5.41, 5.74) is 1.78. The van der Waals surface area contributed by atoms with Crippen LogP contribution in [0.1, 0.15) is 26.3 Å². The number of benzene rings is 1. The van der Waals surface area contributed by atoms with Gasteiger partial charge in [-0.15, -0.1) is 0 Å². The Balaban J connectivity index is 3.01. The molecule has 0 unspecified atom stereocenters. The number of para-hydroxylation sites is 1. The highest BCUT2D eigenvalue weighted by atomic mass is 19.1. The van der Waals surface area contributed by atoms with Crippen molar-refractivity contribution in [3.05, 3.63) is 29.6 Å². The van der Waals surface area contributed by atoms with Crippen LogP contribution < -0.4 is 10.2 Å². The lowest BCUT2D eigenvalue weighted by Crippen LogP contribution is -2.25. The van der Waals surface area contributed by atoms with Crippen LogP contribution in [0, 0.1) is 5.82 Å². The molecule has 16 heavy (non-hydrogen) atoms. The molecule has 0 fully saturated rings. The third-order valence-corrected chi connectivity index (χ3v) is 2.72. The van der Waals surface area contributed by atoms with E-state index in [2.05, 4.69) is 17.1 Å². The van der Waals surface area contributed by atoms with Crippen LogP contribution in [0.2, 0.25) is 0 Å². The van der Waals surface area contributed by atoms with Crippen LogP contribution in [0.25, 0.3) is 0 Å². The van der Waals surface area contributed by atoms with Crippen LogP contribution in [0.3, 0.4) is 0 Å². The summed E-state index contributed by atoms with van der Waals surface area (Å²) in [5, 5.41) is 3.24. The van der Waals surface area contributed by atoms with Gasteiger partial charge in [0.25, 0.3) is 0 Å². The van der Waals surface area contributed by atoms with Gasteiger partial charge in [0.2, 0.25) is 0 Å². The van der Waals surface area contributed by atoms with Gasteiger partial charge in [-0.05, 0) is 32.0 Å². The topological polar surface area (TPSA) is 15.3 Å². The van der Waals surface area contributed by atoms with E-state index >= 15 is 0 Å². The lowest BCUT2D eigenvalue weighted by molar-refractivity contribution is 0.613. The predicted octanol–water partition coefficient (Wildman–Crippen LogP) is 2.78. The lowest BCUT2D eigenvalue weighted by atomic mass is 10.1. The van der Waals surface area contributed by atoms with Crippen molar-refractivity contribution < 1.29 is 4.39 Å². The minimum atomic E-state index is -0.126. The van der Waals surface area contributed by atoms with Gasteiger partial charge < -0.3 is 10.2 Å². The first-order valence-electron chi connectivity index (χ1n) is 5.97. The molecule has 0 spiro atoms. The van der Waals surface area contributed by atoms with Gasteiger partial charge in [0.15, 0.2) is 0 Å². The number of rotatable bonds is 6. The smallest absolute Gasteiger partial charge is 0.146 e. The molecule has 3 heteroatoms. The molecule has 1 aromatic rings. The van der Waals surface area contributed by atoms with Crippen LogP contribution in [0.15, 0.2) is 18.2 Å². The summed E-state index contributed by atoms with van der Waals surface area (Å²) in [6.45, 7) is 9.43. The van der Waals surface area contributed by atoms with Crippen molar-refractivity contribution in [2.24, 2.45) is 0 Å². The highest BCUT2D eigenvalue weighted by Crippen LogP contribution is 2.24. The zero-order chi connectivity index (χ0) is 12.0. The third kappa shape index (κ3) is 2.95. The van der Waals surface area contributed by atoms with Crippen LogP contribution in [0.5, 0.6) is 0 Å². The highest BCUT2D eigenvalue weighted by Gasteiger charge is 2.12. The fraction of sp³-hybridized carbons (Fsp3) is 0.538. The first-order valence-corrected chi connectivity index (χ1v) is 5.97. The third-order valence-electron chi connectivity index (χ3n) is 2.72. The number of anilines is 1. The van der Waals surface area contributed by atoms with Crippen molar-refractivity contribution in [3.63, 3.8) is 0 Å². The van der Waals surface area contributed by atoms with Crippen LogP contribution in [0.4, 0.5) is 10.1 Å². The van der Waals surface area contributed by atoms with Crippen LogP contribution in [-0.4, -0.2) is 19.6 Å². The van der Waals surface area contributed by atoms with E-state index < -0.39 is 0 Å². The Labute approximate surface area is 97.5 Å². The first-order chi connectivity index (χ1) is 7.74. The maximum absolute atomic E-state index is 13.8. The molecule has 1 rings (SSSR count).